The molecule has 1 nitrogen and oxygen atoms in total. The van der Waals surface area contributed by atoms with Gasteiger partial charge in [0.05, 0.1) is 15.0 Å². The van der Waals surface area contributed by atoms with E-state index in [-0.39, 0.29) is 5.41 Å². The first-order chi connectivity index (χ1) is 5.53. The summed E-state index contributed by atoms with van der Waals surface area (Å²) >= 11 is 10.9. The molecule has 0 fully saturated rings. The summed E-state index contributed by atoms with van der Waals surface area (Å²) < 4.78 is 1.09. The highest BCUT2D eigenvalue weighted by atomic mass is 79.9. The van der Waals surface area contributed by atoms with Crippen molar-refractivity contribution in [1.29, 1.82) is 0 Å². The van der Waals surface area contributed by atoms with E-state index in [4.69, 9.17) is 11.6 Å². The molecule has 1 aromatic rings. The van der Waals surface area contributed by atoms with Crippen LogP contribution in [0.15, 0.2) is 9.98 Å². The third-order valence-electron chi connectivity index (χ3n) is 1.52. The second-order valence-corrected chi connectivity index (χ2v) is 6.29. The van der Waals surface area contributed by atoms with E-state index in [9.17, 15) is 0 Å². The molecule has 1 rings (SSSR count). The Kier molecular flexibility index (Phi) is 3.56. The zero-order chi connectivity index (χ0) is 9.19. The summed E-state index contributed by atoms with van der Waals surface area (Å²) in [5.74, 6) is 0.671. The zero-order valence-corrected chi connectivity index (χ0v) is 10.3. The lowest BCUT2D eigenvalue weighted by Gasteiger charge is -2.18. The van der Waals surface area contributed by atoms with Crippen molar-refractivity contribution >= 4 is 38.9 Å². The van der Waals surface area contributed by atoms with Crippen molar-refractivity contribution in [3.8, 4) is 0 Å². The molecular weight excluding hydrogens is 258 g/mol. The van der Waals surface area contributed by atoms with Gasteiger partial charge in [0, 0.05) is 12.3 Å². The van der Waals surface area contributed by atoms with Crippen molar-refractivity contribution in [3.05, 3.63) is 15.0 Å². The maximum atomic E-state index is 5.82. The fraction of sp³-hybridized carbons (Fsp3) is 0.625. The number of nitrogens with zero attached hydrogens (tertiary/aromatic N) is 1. The Morgan fingerprint density at radius 3 is 2.75 bits per heavy atom. The van der Waals surface area contributed by atoms with Crippen molar-refractivity contribution < 1.29 is 0 Å². The van der Waals surface area contributed by atoms with Gasteiger partial charge in [-0.3, -0.25) is 0 Å². The number of hydrogen-bond acceptors (Lipinski definition) is 2. The van der Waals surface area contributed by atoms with Gasteiger partial charge in [-0.15, -0.1) is 22.9 Å². The summed E-state index contributed by atoms with van der Waals surface area (Å²) in [4.78, 5) is 4.26. The van der Waals surface area contributed by atoms with E-state index < -0.39 is 0 Å². The van der Waals surface area contributed by atoms with Gasteiger partial charge in [-0.2, -0.15) is 0 Å². The van der Waals surface area contributed by atoms with Crippen LogP contribution in [0.25, 0.3) is 0 Å². The molecule has 0 aliphatic heterocycles. The SMILES string of the molecule is CC(C)(CCl)Cc1ncc(Br)s1. The lowest BCUT2D eigenvalue weighted by Crippen LogP contribution is -2.16. The lowest BCUT2D eigenvalue weighted by atomic mass is 9.92. The molecule has 0 bridgehead atoms. The Labute approximate surface area is 90.3 Å². The van der Waals surface area contributed by atoms with Crippen LogP contribution in [-0.4, -0.2) is 10.9 Å². The van der Waals surface area contributed by atoms with Crippen LogP contribution in [0.1, 0.15) is 18.9 Å². The number of hydrogen-bond donors (Lipinski definition) is 0. The molecule has 68 valence electrons. The van der Waals surface area contributed by atoms with Gasteiger partial charge in [0.25, 0.3) is 0 Å². The molecule has 4 heteroatoms. The Morgan fingerprint density at radius 1 is 1.67 bits per heavy atom. The number of thiazole rings is 1. The van der Waals surface area contributed by atoms with E-state index in [1.54, 1.807) is 11.3 Å². The fourth-order valence-corrected chi connectivity index (χ4v) is 2.48. The first kappa shape index (κ1) is 10.5. The molecule has 0 saturated carbocycles. The minimum atomic E-state index is 0.152. The van der Waals surface area contributed by atoms with Crippen molar-refractivity contribution in [2.24, 2.45) is 5.41 Å². The molecular formula is C8H11BrClNS. The number of aromatic nitrogens is 1. The van der Waals surface area contributed by atoms with Crippen molar-refractivity contribution in [2.75, 3.05) is 5.88 Å². The predicted octanol–water partition coefficient (Wildman–Crippen LogP) is 3.71. The Bertz CT molecular complexity index is 259. The van der Waals surface area contributed by atoms with Crippen LogP contribution < -0.4 is 0 Å². The van der Waals surface area contributed by atoms with Gasteiger partial charge in [0.1, 0.15) is 0 Å². The molecule has 0 aliphatic carbocycles. The molecule has 0 amide bonds. The first-order valence-corrected chi connectivity index (χ1v) is 5.84. The summed E-state index contributed by atoms with van der Waals surface area (Å²) in [6.45, 7) is 4.30. The third kappa shape index (κ3) is 3.04. The van der Waals surface area contributed by atoms with Crippen LogP contribution in [0.5, 0.6) is 0 Å². The third-order valence-corrected chi connectivity index (χ3v) is 3.72. The van der Waals surface area contributed by atoms with E-state index in [2.05, 4.69) is 34.8 Å². The smallest absolute Gasteiger partial charge is 0.0942 e. The standard InChI is InChI=1S/C8H11BrClNS/c1-8(2,5-10)3-7-11-4-6(9)12-7/h4H,3,5H2,1-2H3. The lowest BCUT2D eigenvalue weighted by molar-refractivity contribution is 0.417. The maximum absolute atomic E-state index is 5.82. The van der Waals surface area contributed by atoms with Crippen LogP contribution in [0.3, 0.4) is 0 Å². The fourth-order valence-electron chi connectivity index (χ4n) is 0.826. The summed E-state index contributed by atoms with van der Waals surface area (Å²) in [7, 11) is 0. The van der Waals surface area contributed by atoms with Gasteiger partial charge in [0.2, 0.25) is 0 Å². The summed E-state index contributed by atoms with van der Waals surface area (Å²) in [5, 5.41) is 1.15. The molecule has 0 spiro atoms. The zero-order valence-electron chi connectivity index (χ0n) is 7.10. The molecule has 0 aromatic carbocycles. The predicted molar refractivity (Wildman–Crippen MR) is 58.0 cm³/mol. The first-order valence-electron chi connectivity index (χ1n) is 3.70. The van der Waals surface area contributed by atoms with Gasteiger partial charge in [-0.25, -0.2) is 4.98 Å². The van der Waals surface area contributed by atoms with Crippen molar-refractivity contribution in [3.63, 3.8) is 0 Å². The monoisotopic (exact) mass is 267 g/mol. The molecule has 12 heavy (non-hydrogen) atoms. The average molecular weight is 269 g/mol. The number of alkyl halides is 1. The number of rotatable bonds is 3. The molecule has 0 N–H and O–H groups in total. The normalized spacial score (nSPS) is 12.0. The van der Waals surface area contributed by atoms with Crippen molar-refractivity contribution in [1.82, 2.24) is 4.98 Å². The van der Waals surface area contributed by atoms with Crippen LogP contribution in [0.4, 0.5) is 0 Å². The highest BCUT2D eigenvalue weighted by Crippen LogP contribution is 2.27. The van der Waals surface area contributed by atoms with Crippen LogP contribution in [0.2, 0.25) is 0 Å². The number of halogens is 2. The molecule has 0 unspecified atom stereocenters. The van der Waals surface area contributed by atoms with Gasteiger partial charge < -0.3 is 0 Å². The summed E-state index contributed by atoms with van der Waals surface area (Å²) in [6.07, 6.45) is 2.79. The minimum Gasteiger partial charge on any atom is -0.248 e. The van der Waals surface area contributed by atoms with E-state index >= 15 is 0 Å². The largest absolute Gasteiger partial charge is 0.248 e. The molecule has 0 saturated heterocycles. The Morgan fingerprint density at radius 2 is 2.33 bits per heavy atom. The highest BCUT2D eigenvalue weighted by molar-refractivity contribution is 9.11. The highest BCUT2D eigenvalue weighted by Gasteiger charge is 2.18. The van der Waals surface area contributed by atoms with E-state index in [1.807, 2.05) is 6.20 Å². The van der Waals surface area contributed by atoms with Crippen LogP contribution in [-0.2, 0) is 6.42 Å². The van der Waals surface area contributed by atoms with Gasteiger partial charge in [0.15, 0.2) is 0 Å². The van der Waals surface area contributed by atoms with Crippen LogP contribution in [0, 0.1) is 5.41 Å². The topological polar surface area (TPSA) is 12.9 Å². The molecule has 1 heterocycles. The second-order valence-electron chi connectivity index (χ2n) is 3.53. The van der Waals surface area contributed by atoms with Gasteiger partial charge >= 0.3 is 0 Å². The molecule has 0 radical (unpaired) electrons. The Hall–Kier alpha value is 0.400. The summed E-state index contributed by atoms with van der Waals surface area (Å²) in [5.41, 5.74) is 0.152. The molecule has 0 aliphatic rings. The van der Waals surface area contributed by atoms with Gasteiger partial charge in [-0.1, -0.05) is 13.8 Å². The molecule has 0 atom stereocenters. The van der Waals surface area contributed by atoms with Gasteiger partial charge in [-0.05, 0) is 21.3 Å². The van der Waals surface area contributed by atoms with E-state index in [1.165, 1.54) is 0 Å². The van der Waals surface area contributed by atoms with Crippen LogP contribution >= 0.6 is 38.9 Å². The quantitative estimate of drug-likeness (QED) is 0.762. The molecule has 1 aromatic heterocycles. The maximum Gasteiger partial charge on any atom is 0.0942 e. The average Bonchev–Trinajstić information content (AvgIpc) is 2.35. The van der Waals surface area contributed by atoms with Crippen molar-refractivity contribution in [2.45, 2.75) is 20.3 Å². The minimum absolute atomic E-state index is 0.152. The van der Waals surface area contributed by atoms with E-state index in [0.29, 0.717) is 5.88 Å². The Balaban J connectivity index is 2.63. The summed E-state index contributed by atoms with van der Waals surface area (Å²) in [6, 6.07) is 0. The second kappa shape index (κ2) is 4.07. The van der Waals surface area contributed by atoms with E-state index in [0.717, 1.165) is 15.2 Å².